The fraction of sp³-hybridized carbons (Fsp3) is 0. The van der Waals surface area contributed by atoms with Crippen molar-refractivity contribution in [2.45, 2.75) is 0 Å². The largest absolute Gasteiger partial charge is 0.288 e. The highest BCUT2D eigenvalue weighted by Crippen LogP contribution is 2.22. The summed E-state index contributed by atoms with van der Waals surface area (Å²) >= 11 is 11.5. The zero-order valence-electron chi connectivity index (χ0n) is 8.58. The maximum atomic E-state index is 13.6. The summed E-state index contributed by atoms with van der Waals surface area (Å²) in [5.41, 5.74) is 0.234. The Labute approximate surface area is 108 Å². The fourth-order valence-corrected chi connectivity index (χ4v) is 1.84. The predicted molar refractivity (Wildman–Crippen MR) is 66.3 cm³/mol. The van der Waals surface area contributed by atoms with Crippen LogP contribution in [0.1, 0.15) is 15.9 Å². The third-order valence-electron chi connectivity index (χ3n) is 2.29. The molecule has 86 valence electrons. The Morgan fingerprint density at radius 2 is 1.71 bits per heavy atom. The number of hydrogen-bond acceptors (Lipinski definition) is 1. The molecule has 2 aromatic carbocycles. The molecule has 0 heterocycles. The fourth-order valence-electron chi connectivity index (χ4n) is 1.46. The van der Waals surface area contributed by atoms with E-state index in [4.69, 9.17) is 23.2 Å². The van der Waals surface area contributed by atoms with Gasteiger partial charge in [-0.3, -0.25) is 4.79 Å². The van der Waals surface area contributed by atoms with E-state index in [-0.39, 0.29) is 16.1 Å². The second kappa shape index (κ2) is 4.86. The molecule has 0 spiro atoms. The van der Waals surface area contributed by atoms with Crippen LogP contribution in [0.2, 0.25) is 10.0 Å². The second-order valence-electron chi connectivity index (χ2n) is 3.43. The van der Waals surface area contributed by atoms with Gasteiger partial charge in [-0.2, -0.15) is 0 Å². The highest BCUT2D eigenvalue weighted by atomic mass is 35.5. The van der Waals surface area contributed by atoms with Gasteiger partial charge in [-0.1, -0.05) is 35.3 Å². The third-order valence-corrected chi connectivity index (χ3v) is 2.86. The quantitative estimate of drug-likeness (QED) is 0.740. The van der Waals surface area contributed by atoms with Gasteiger partial charge in [0.25, 0.3) is 0 Å². The van der Waals surface area contributed by atoms with Crippen LogP contribution in [0.4, 0.5) is 4.39 Å². The second-order valence-corrected chi connectivity index (χ2v) is 4.28. The first kappa shape index (κ1) is 12.1. The van der Waals surface area contributed by atoms with Crippen LogP contribution in [0.15, 0.2) is 42.5 Å². The van der Waals surface area contributed by atoms with Crippen LogP contribution >= 0.6 is 23.2 Å². The Bertz CT molecular complexity index is 581. The van der Waals surface area contributed by atoms with Crippen molar-refractivity contribution in [1.29, 1.82) is 0 Å². The Hall–Kier alpha value is -1.38. The lowest BCUT2D eigenvalue weighted by Gasteiger charge is -2.04. The van der Waals surface area contributed by atoms with Gasteiger partial charge in [0, 0.05) is 10.6 Å². The summed E-state index contributed by atoms with van der Waals surface area (Å²) in [6, 6.07) is 10.4. The Kier molecular flexibility index (Phi) is 3.46. The molecule has 0 N–H and O–H groups in total. The molecule has 0 aliphatic rings. The minimum Gasteiger partial charge on any atom is -0.288 e. The van der Waals surface area contributed by atoms with Gasteiger partial charge in [-0.25, -0.2) is 4.39 Å². The number of hydrogen-bond donors (Lipinski definition) is 0. The SMILES string of the molecule is O=C(c1ccc(Cl)cc1F)c1ccccc1Cl. The maximum absolute atomic E-state index is 13.6. The molecule has 2 aromatic rings. The molecule has 0 aromatic heterocycles. The van der Waals surface area contributed by atoms with Crippen molar-refractivity contribution in [1.82, 2.24) is 0 Å². The van der Waals surface area contributed by atoms with Gasteiger partial charge in [-0.15, -0.1) is 0 Å². The number of carbonyl (C=O) groups is 1. The van der Waals surface area contributed by atoms with Crippen molar-refractivity contribution >= 4 is 29.0 Å². The molecular formula is C13H7Cl2FO. The summed E-state index contributed by atoms with van der Waals surface area (Å²) in [4.78, 5) is 12.0. The minimum atomic E-state index is -0.651. The Balaban J connectivity index is 2.48. The molecule has 1 nitrogen and oxygen atoms in total. The van der Waals surface area contributed by atoms with Gasteiger partial charge in [0.15, 0.2) is 5.78 Å². The normalized spacial score (nSPS) is 10.3. The molecule has 0 radical (unpaired) electrons. The highest BCUT2D eigenvalue weighted by Gasteiger charge is 2.16. The zero-order chi connectivity index (χ0) is 12.4. The first-order valence-corrected chi connectivity index (χ1v) is 5.59. The molecule has 2 rings (SSSR count). The van der Waals surface area contributed by atoms with Crippen molar-refractivity contribution in [3.63, 3.8) is 0 Å². The monoisotopic (exact) mass is 268 g/mol. The lowest BCUT2D eigenvalue weighted by atomic mass is 10.0. The first-order chi connectivity index (χ1) is 8.09. The van der Waals surface area contributed by atoms with E-state index in [0.717, 1.165) is 6.07 Å². The first-order valence-electron chi connectivity index (χ1n) is 4.84. The van der Waals surface area contributed by atoms with Crippen LogP contribution in [-0.2, 0) is 0 Å². The lowest BCUT2D eigenvalue weighted by Crippen LogP contribution is -2.04. The molecule has 4 heteroatoms. The molecule has 17 heavy (non-hydrogen) atoms. The molecule has 0 aliphatic heterocycles. The summed E-state index contributed by atoms with van der Waals surface area (Å²) < 4.78 is 13.6. The van der Waals surface area contributed by atoms with Gasteiger partial charge < -0.3 is 0 Å². The van der Waals surface area contributed by atoms with Crippen LogP contribution in [0, 0.1) is 5.82 Å². The van der Waals surface area contributed by atoms with Crippen LogP contribution in [0.5, 0.6) is 0 Å². The number of ketones is 1. The van der Waals surface area contributed by atoms with Gasteiger partial charge in [0.05, 0.1) is 10.6 Å². The summed E-state index contributed by atoms with van der Waals surface area (Å²) in [5.74, 6) is -1.10. The number of halogens is 3. The van der Waals surface area contributed by atoms with Gasteiger partial charge in [0.2, 0.25) is 0 Å². The average molecular weight is 269 g/mol. The van der Waals surface area contributed by atoms with Crippen molar-refractivity contribution in [2.75, 3.05) is 0 Å². The molecule has 0 saturated heterocycles. The molecular weight excluding hydrogens is 262 g/mol. The van der Waals surface area contributed by atoms with Crippen LogP contribution in [0.25, 0.3) is 0 Å². The lowest BCUT2D eigenvalue weighted by molar-refractivity contribution is 0.103. The molecule has 0 fully saturated rings. The predicted octanol–water partition coefficient (Wildman–Crippen LogP) is 4.36. The molecule has 0 saturated carbocycles. The number of carbonyl (C=O) groups excluding carboxylic acids is 1. The van der Waals surface area contributed by atoms with E-state index in [0.29, 0.717) is 5.02 Å². The smallest absolute Gasteiger partial charge is 0.197 e. The van der Waals surface area contributed by atoms with Crippen LogP contribution in [-0.4, -0.2) is 5.78 Å². The molecule has 0 atom stereocenters. The molecule has 0 aliphatic carbocycles. The van der Waals surface area contributed by atoms with Gasteiger partial charge in [-0.05, 0) is 30.3 Å². The standard InChI is InChI=1S/C13H7Cl2FO/c14-8-5-6-10(12(16)7-8)13(17)9-3-1-2-4-11(9)15/h1-7H. The van der Waals surface area contributed by atoms with E-state index in [1.165, 1.54) is 12.1 Å². The van der Waals surface area contributed by atoms with E-state index >= 15 is 0 Å². The van der Waals surface area contributed by atoms with Crippen molar-refractivity contribution in [2.24, 2.45) is 0 Å². The molecule has 0 bridgehead atoms. The topological polar surface area (TPSA) is 17.1 Å². The number of rotatable bonds is 2. The van der Waals surface area contributed by atoms with Crippen molar-refractivity contribution in [3.05, 3.63) is 69.5 Å². The number of benzene rings is 2. The highest BCUT2D eigenvalue weighted by molar-refractivity contribution is 6.35. The van der Waals surface area contributed by atoms with E-state index in [1.807, 2.05) is 0 Å². The zero-order valence-corrected chi connectivity index (χ0v) is 10.1. The molecule has 0 unspecified atom stereocenters. The van der Waals surface area contributed by atoms with E-state index < -0.39 is 11.6 Å². The van der Waals surface area contributed by atoms with Crippen LogP contribution in [0.3, 0.4) is 0 Å². The Morgan fingerprint density at radius 1 is 1.00 bits per heavy atom. The molecule has 0 amide bonds. The van der Waals surface area contributed by atoms with Crippen molar-refractivity contribution in [3.8, 4) is 0 Å². The van der Waals surface area contributed by atoms with Gasteiger partial charge >= 0.3 is 0 Å². The minimum absolute atomic E-state index is 0.0394. The summed E-state index contributed by atoms with van der Waals surface area (Å²) in [6.45, 7) is 0. The van der Waals surface area contributed by atoms with E-state index in [1.54, 1.807) is 24.3 Å². The van der Waals surface area contributed by atoms with E-state index in [2.05, 4.69) is 0 Å². The maximum Gasteiger partial charge on any atom is 0.197 e. The Morgan fingerprint density at radius 3 is 2.35 bits per heavy atom. The van der Waals surface area contributed by atoms with Gasteiger partial charge in [0.1, 0.15) is 5.82 Å². The summed E-state index contributed by atoms with van der Waals surface area (Å²) in [5, 5.41) is 0.546. The summed E-state index contributed by atoms with van der Waals surface area (Å²) in [6.07, 6.45) is 0. The van der Waals surface area contributed by atoms with Crippen LogP contribution < -0.4 is 0 Å². The summed E-state index contributed by atoms with van der Waals surface area (Å²) in [7, 11) is 0. The third kappa shape index (κ3) is 2.48. The van der Waals surface area contributed by atoms with E-state index in [9.17, 15) is 9.18 Å². The average Bonchev–Trinajstić information content (AvgIpc) is 2.29. The van der Waals surface area contributed by atoms with Crippen molar-refractivity contribution < 1.29 is 9.18 Å².